The summed E-state index contributed by atoms with van der Waals surface area (Å²) in [6, 6.07) is 5.02. The number of nitrogens with zero attached hydrogens (tertiary/aromatic N) is 2. The maximum absolute atomic E-state index is 12.4. The van der Waals surface area contributed by atoms with Crippen molar-refractivity contribution in [3.8, 4) is 0 Å². The van der Waals surface area contributed by atoms with Crippen LogP contribution in [0.4, 0.5) is 0 Å². The van der Waals surface area contributed by atoms with Crippen molar-refractivity contribution in [2.45, 2.75) is 30.6 Å². The number of thiophene rings is 1. The van der Waals surface area contributed by atoms with Crippen LogP contribution < -0.4 is 0 Å². The van der Waals surface area contributed by atoms with E-state index in [0.29, 0.717) is 41.6 Å². The van der Waals surface area contributed by atoms with Crippen molar-refractivity contribution in [1.82, 2.24) is 9.46 Å². The van der Waals surface area contributed by atoms with Crippen molar-refractivity contribution in [1.29, 1.82) is 0 Å². The van der Waals surface area contributed by atoms with Crippen LogP contribution in [0.25, 0.3) is 0 Å². The Kier molecular flexibility index (Phi) is 5.02. The topological polar surface area (TPSA) is 89.7 Å². The van der Waals surface area contributed by atoms with E-state index in [4.69, 9.17) is 9.26 Å². The van der Waals surface area contributed by atoms with Gasteiger partial charge in [-0.3, -0.25) is 4.79 Å². The standard InChI is InChI=1S/C15H18N2O5S2/c1-11-9-13(16-22-11)10-21-15(18)12-4-6-17(7-5-12)24(19,20)14-3-2-8-23-14/h2-3,8-9,12H,4-7,10H2,1H3. The summed E-state index contributed by atoms with van der Waals surface area (Å²) in [4.78, 5) is 12.1. The Morgan fingerprint density at radius 2 is 2.21 bits per heavy atom. The first-order valence-electron chi connectivity index (χ1n) is 7.59. The summed E-state index contributed by atoms with van der Waals surface area (Å²) in [6.07, 6.45) is 0.919. The number of rotatable bonds is 5. The number of piperidine rings is 1. The van der Waals surface area contributed by atoms with Crippen molar-refractivity contribution in [3.63, 3.8) is 0 Å². The molecule has 3 rings (SSSR count). The fraction of sp³-hybridized carbons (Fsp3) is 0.467. The summed E-state index contributed by atoms with van der Waals surface area (Å²) in [7, 11) is -3.44. The molecule has 0 spiro atoms. The number of hydrogen-bond donors (Lipinski definition) is 0. The van der Waals surface area contributed by atoms with Crippen molar-refractivity contribution < 1.29 is 22.5 Å². The summed E-state index contributed by atoms with van der Waals surface area (Å²) >= 11 is 1.20. The SMILES string of the molecule is Cc1cc(COC(=O)C2CCN(S(=O)(=O)c3cccs3)CC2)no1. The molecule has 0 aromatic carbocycles. The van der Waals surface area contributed by atoms with Gasteiger partial charge in [-0.1, -0.05) is 11.2 Å². The monoisotopic (exact) mass is 370 g/mol. The first-order chi connectivity index (χ1) is 11.5. The predicted octanol–water partition coefficient (Wildman–Crippen LogP) is 2.19. The molecule has 2 aromatic heterocycles. The van der Waals surface area contributed by atoms with Crippen LogP contribution in [0.1, 0.15) is 24.3 Å². The fourth-order valence-corrected chi connectivity index (χ4v) is 5.23. The Balaban J connectivity index is 1.52. The summed E-state index contributed by atoms with van der Waals surface area (Å²) in [5, 5.41) is 5.51. The van der Waals surface area contributed by atoms with Gasteiger partial charge in [0.1, 0.15) is 22.3 Å². The lowest BCUT2D eigenvalue weighted by Gasteiger charge is -2.29. The zero-order valence-corrected chi connectivity index (χ0v) is 14.8. The lowest BCUT2D eigenvalue weighted by Crippen LogP contribution is -2.40. The zero-order valence-electron chi connectivity index (χ0n) is 13.2. The van der Waals surface area contributed by atoms with Gasteiger partial charge in [0.05, 0.1) is 5.92 Å². The highest BCUT2D eigenvalue weighted by molar-refractivity contribution is 7.91. The second-order valence-corrected chi connectivity index (χ2v) is 8.76. The van der Waals surface area contributed by atoms with E-state index in [9.17, 15) is 13.2 Å². The van der Waals surface area contributed by atoms with Gasteiger partial charge < -0.3 is 9.26 Å². The minimum atomic E-state index is -3.44. The third-order valence-corrected chi connectivity index (χ3v) is 7.19. The molecule has 1 fully saturated rings. The summed E-state index contributed by atoms with van der Waals surface area (Å²) in [6.45, 7) is 2.48. The highest BCUT2D eigenvalue weighted by Crippen LogP contribution is 2.27. The van der Waals surface area contributed by atoms with E-state index in [1.165, 1.54) is 15.6 Å². The highest BCUT2D eigenvalue weighted by atomic mass is 32.2. The van der Waals surface area contributed by atoms with Gasteiger partial charge in [0.15, 0.2) is 0 Å². The van der Waals surface area contributed by atoms with Gasteiger partial charge in [-0.15, -0.1) is 11.3 Å². The molecule has 7 nitrogen and oxygen atoms in total. The van der Waals surface area contributed by atoms with Crippen molar-refractivity contribution >= 4 is 27.3 Å². The molecule has 0 radical (unpaired) electrons. The molecular weight excluding hydrogens is 352 g/mol. The molecule has 0 saturated carbocycles. The second-order valence-electron chi connectivity index (χ2n) is 5.65. The van der Waals surface area contributed by atoms with Crippen molar-refractivity contribution in [2.24, 2.45) is 5.92 Å². The molecule has 24 heavy (non-hydrogen) atoms. The van der Waals surface area contributed by atoms with Crippen LogP contribution in [-0.2, 0) is 26.2 Å². The Labute approximate surface area is 144 Å². The number of esters is 1. The Morgan fingerprint density at radius 1 is 1.46 bits per heavy atom. The summed E-state index contributed by atoms with van der Waals surface area (Å²) in [5.74, 6) is 0.0600. The molecule has 1 saturated heterocycles. The molecule has 0 aliphatic carbocycles. The maximum atomic E-state index is 12.4. The second kappa shape index (κ2) is 7.04. The number of carbonyl (C=O) groups is 1. The van der Waals surface area contributed by atoms with Crippen molar-refractivity contribution in [3.05, 3.63) is 35.0 Å². The van der Waals surface area contributed by atoms with Crippen LogP contribution in [0.2, 0.25) is 0 Å². The van der Waals surface area contributed by atoms with Crippen LogP contribution in [0, 0.1) is 12.8 Å². The molecule has 1 aliphatic heterocycles. The number of aryl methyl sites for hydroxylation is 1. The zero-order chi connectivity index (χ0) is 17.2. The van der Waals surface area contributed by atoms with Gasteiger partial charge >= 0.3 is 5.97 Å². The number of aromatic nitrogens is 1. The van der Waals surface area contributed by atoms with E-state index in [-0.39, 0.29) is 18.5 Å². The molecule has 2 aromatic rings. The Bertz CT molecular complexity index is 790. The quantitative estimate of drug-likeness (QED) is 0.750. The number of sulfonamides is 1. The van der Waals surface area contributed by atoms with Gasteiger partial charge in [0, 0.05) is 19.2 Å². The molecule has 3 heterocycles. The first-order valence-corrected chi connectivity index (χ1v) is 9.91. The van der Waals surface area contributed by atoms with Crippen molar-refractivity contribution in [2.75, 3.05) is 13.1 Å². The van der Waals surface area contributed by atoms with Crippen LogP contribution in [0.3, 0.4) is 0 Å². The van der Waals surface area contributed by atoms with Crippen LogP contribution in [0.15, 0.2) is 32.3 Å². The van der Waals surface area contributed by atoms with E-state index in [1.807, 2.05) is 0 Å². The number of hydrogen-bond acceptors (Lipinski definition) is 7. The predicted molar refractivity (Wildman–Crippen MR) is 86.8 cm³/mol. The average Bonchev–Trinajstić information content (AvgIpc) is 3.24. The Hall–Kier alpha value is -1.71. The lowest BCUT2D eigenvalue weighted by atomic mass is 9.98. The molecule has 1 aliphatic rings. The van der Waals surface area contributed by atoms with Crippen LogP contribution in [0.5, 0.6) is 0 Å². The normalized spacial score (nSPS) is 17.0. The van der Waals surface area contributed by atoms with E-state index in [1.54, 1.807) is 30.5 Å². The van der Waals surface area contributed by atoms with E-state index in [2.05, 4.69) is 5.16 Å². The smallest absolute Gasteiger partial charge is 0.309 e. The third kappa shape index (κ3) is 3.68. The molecular formula is C15H18N2O5S2. The number of ether oxygens (including phenoxy) is 1. The van der Waals surface area contributed by atoms with Gasteiger partial charge in [-0.2, -0.15) is 4.31 Å². The van der Waals surface area contributed by atoms with E-state index in [0.717, 1.165) is 0 Å². The van der Waals surface area contributed by atoms with Gasteiger partial charge in [-0.05, 0) is 31.2 Å². The molecule has 0 atom stereocenters. The Morgan fingerprint density at radius 3 is 2.79 bits per heavy atom. The van der Waals surface area contributed by atoms with E-state index < -0.39 is 10.0 Å². The number of carbonyl (C=O) groups excluding carboxylic acids is 1. The van der Waals surface area contributed by atoms with Crippen LogP contribution >= 0.6 is 11.3 Å². The molecule has 0 N–H and O–H groups in total. The largest absolute Gasteiger partial charge is 0.459 e. The minimum absolute atomic E-state index is 0.0733. The lowest BCUT2D eigenvalue weighted by molar-refractivity contribution is -0.151. The molecule has 0 unspecified atom stereocenters. The van der Waals surface area contributed by atoms with Gasteiger partial charge in [-0.25, -0.2) is 8.42 Å². The molecule has 130 valence electrons. The first kappa shape index (κ1) is 17.1. The van der Waals surface area contributed by atoms with E-state index >= 15 is 0 Å². The maximum Gasteiger partial charge on any atom is 0.309 e. The van der Waals surface area contributed by atoms with Crippen LogP contribution in [-0.4, -0.2) is 36.9 Å². The highest BCUT2D eigenvalue weighted by Gasteiger charge is 2.33. The molecule has 0 bridgehead atoms. The third-order valence-electron chi connectivity index (χ3n) is 3.92. The average molecular weight is 370 g/mol. The van der Waals surface area contributed by atoms with Gasteiger partial charge in [0.2, 0.25) is 0 Å². The summed E-state index contributed by atoms with van der Waals surface area (Å²) in [5.41, 5.74) is 0.568. The molecule has 0 amide bonds. The summed E-state index contributed by atoms with van der Waals surface area (Å²) < 4.78 is 36.8. The van der Waals surface area contributed by atoms with Gasteiger partial charge in [0.25, 0.3) is 10.0 Å². The molecule has 9 heteroatoms. The fourth-order valence-electron chi connectivity index (χ4n) is 2.62. The minimum Gasteiger partial charge on any atom is -0.459 e.